The van der Waals surface area contributed by atoms with Crippen LogP contribution in [0, 0.1) is 6.92 Å². The summed E-state index contributed by atoms with van der Waals surface area (Å²) in [5.41, 5.74) is 0.787. The molecule has 2 heterocycles. The Morgan fingerprint density at radius 1 is 1.53 bits per heavy atom. The van der Waals surface area contributed by atoms with E-state index in [0.717, 1.165) is 14.2 Å². The molecule has 3 nitrogen and oxygen atoms in total. The third-order valence-corrected chi connectivity index (χ3v) is 3.55. The largest absolute Gasteiger partial charge is 0.347 e. The normalized spacial score (nSPS) is 10.5. The molecule has 0 aliphatic carbocycles. The van der Waals surface area contributed by atoms with E-state index in [0.29, 0.717) is 6.54 Å². The van der Waals surface area contributed by atoms with Crippen molar-refractivity contribution in [2.24, 2.45) is 0 Å². The van der Waals surface area contributed by atoms with Crippen LogP contribution >= 0.6 is 27.3 Å². The van der Waals surface area contributed by atoms with E-state index < -0.39 is 0 Å². The van der Waals surface area contributed by atoms with Gasteiger partial charge in [0.15, 0.2) is 0 Å². The van der Waals surface area contributed by atoms with E-state index in [1.54, 1.807) is 22.1 Å². The zero-order chi connectivity index (χ0) is 10.8. The Hall–Kier alpha value is -0.940. The van der Waals surface area contributed by atoms with Crippen LogP contribution in [0.3, 0.4) is 0 Å². The monoisotopic (exact) mass is 284 g/mol. The van der Waals surface area contributed by atoms with Crippen LogP contribution in [0.5, 0.6) is 0 Å². The van der Waals surface area contributed by atoms with Gasteiger partial charge in [0.25, 0.3) is 0 Å². The molecule has 0 saturated carbocycles. The van der Waals surface area contributed by atoms with Gasteiger partial charge in [-0.1, -0.05) is 0 Å². The molecule has 15 heavy (non-hydrogen) atoms. The summed E-state index contributed by atoms with van der Waals surface area (Å²) in [6.45, 7) is 2.51. The van der Waals surface area contributed by atoms with E-state index in [2.05, 4.69) is 20.9 Å². The summed E-state index contributed by atoms with van der Waals surface area (Å²) in [6, 6.07) is 3.98. The first-order chi connectivity index (χ1) is 7.15. The summed E-state index contributed by atoms with van der Waals surface area (Å²) in [4.78, 5) is 16.3. The lowest BCUT2D eigenvalue weighted by atomic mass is 10.4. The van der Waals surface area contributed by atoms with Crippen molar-refractivity contribution in [2.75, 3.05) is 0 Å². The third kappa shape index (κ3) is 2.54. The average Bonchev–Trinajstić information content (AvgIpc) is 2.58. The quantitative estimate of drug-likeness (QED) is 0.849. The van der Waals surface area contributed by atoms with Gasteiger partial charge in [0.05, 0.1) is 10.3 Å². The maximum Gasteiger partial charge on any atom is 0.347 e. The number of hydrogen-bond acceptors (Lipinski definition) is 3. The summed E-state index contributed by atoms with van der Waals surface area (Å²) < 4.78 is 2.69. The number of aromatic nitrogens is 2. The zero-order valence-electron chi connectivity index (χ0n) is 8.11. The molecule has 0 radical (unpaired) electrons. The smallest absolute Gasteiger partial charge is 0.294 e. The predicted octanol–water partition coefficient (Wildman–Crippen LogP) is 2.42. The van der Waals surface area contributed by atoms with Gasteiger partial charge in [-0.2, -0.15) is 0 Å². The minimum Gasteiger partial charge on any atom is -0.294 e. The maximum absolute atomic E-state index is 11.4. The number of thiophene rings is 1. The van der Waals surface area contributed by atoms with Gasteiger partial charge in [0.1, 0.15) is 0 Å². The van der Waals surface area contributed by atoms with Crippen LogP contribution in [0.2, 0.25) is 0 Å². The van der Waals surface area contributed by atoms with Crippen molar-refractivity contribution < 1.29 is 0 Å². The highest BCUT2D eigenvalue weighted by Gasteiger charge is 2.01. The Balaban J connectivity index is 2.31. The van der Waals surface area contributed by atoms with Gasteiger partial charge in [-0.25, -0.2) is 9.78 Å². The molecule has 0 unspecified atom stereocenters. The average molecular weight is 285 g/mol. The standard InChI is InChI=1S/C10H9BrN2OS/c1-7-4-12-10(14)13(5-7)6-8-2-3-9(11)15-8/h2-5H,6H2,1H3. The highest BCUT2D eigenvalue weighted by Crippen LogP contribution is 2.22. The summed E-state index contributed by atoms with van der Waals surface area (Å²) >= 11 is 5.02. The second-order valence-corrected chi connectivity index (χ2v) is 5.80. The lowest BCUT2D eigenvalue weighted by Gasteiger charge is -2.02. The van der Waals surface area contributed by atoms with Crippen LogP contribution < -0.4 is 5.69 Å². The lowest BCUT2D eigenvalue weighted by Crippen LogP contribution is -2.22. The minimum atomic E-state index is -0.204. The second kappa shape index (κ2) is 4.28. The summed E-state index contributed by atoms with van der Waals surface area (Å²) in [5.74, 6) is 0. The van der Waals surface area contributed by atoms with E-state index in [1.165, 1.54) is 0 Å². The molecule has 0 amide bonds. The minimum absolute atomic E-state index is 0.204. The highest BCUT2D eigenvalue weighted by atomic mass is 79.9. The molecule has 0 spiro atoms. The van der Waals surface area contributed by atoms with Gasteiger partial charge in [-0.05, 0) is 40.5 Å². The van der Waals surface area contributed by atoms with Crippen LogP contribution in [0.4, 0.5) is 0 Å². The van der Waals surface area contributed by atoms with Crippen LogP contribution in [-0.4, -0.2) is 9.55 Å². The molecule has 5 heteroatoms. The van der Waals surface area contributed by atoms with E-state index in [1.807, 2.05) is 25.3 Å². The number of hydrogen-bond donors (Lipinski definition) is 0. The van der Waals surface area contributed by atoms with Crippen molar-refractivity contribution in [2.45, 2.75) is 13.5 Å². The first-order valence-electron chi connectivity index (χ1n) is 4.42. The molecule has 2 rings (SSSR count). The molecular formula is C10H9BrN2OS. The molecule has 0 saturated heterocycles. The highest BCUT2D eigenvalue weighted by molar-refractivity contribution is 9.11. The van der Waals surface area contributed by atoms with Gasteiger partial charge in [-0.3, -0.25) is 4.57 Å². The van der Waals surface area contributed by atoms with Crippen molar-refractivity contribution in [1.29, 1.82) is 0 Å². The first kappa shape index (κ1) is 10.6. The van der Waals surface area contributed by atoms with Crippen LogP contribution in [0.25, 0.3) is 0 Å². The molecule has 0 aliphatic heterocycles. The fraction of sp³-hybridized carbons (Fsp3) is 0.200. The van der Waals surface area contributed by atoms with Gasteiger partial charge in [0, 0.05) is 17.3 Å². The number of rotatable bonds is 2. The Kier molecular flexibility index (Phi) is 3.02. The molecule has 0 atom stereocenters. The third-order valence-electron chi connectivity index (χ3n) is 1.94. The molecule has 0 fully saturated rings. The van der Waals surface area contributed by atoms with Gasteiger partial charge >= 0.3 is 5.69 Å². The summed E-state index contributed by atoms with van der Waals surface area (Å²) in [5, 5.41) is 0. The van der Waals surface area contributed by atoms with Gasteiger partial charge < -0.3 is 0 Å². The van der Waals surface area contributed by atoms with Crippen LogP contribution in [-0.2, 0) is 6.54 Å². The SMILES string of the molecule is Cc1cnc(=O)n(Cc2ccc(Br)s2)c1. The fourth-order valence-electron chi connectivity index (χ4n) is 1.28. The number of halogens is 1. The molecule has 78 valence electrons. The summed E-state index contributed by atoms with van der Waals surface area (Å²) in [7, 11) is 0. The van der Waals surface area contributed by atoms with Gasteiger partial charge in [-0.15, -0.1) is 11.3 Å². The van der Waals surface area contributed by atoms with Crippen molar-refractivity contribution in [3.05, 3.63) is 49.2 Å². The molecule has 0 N–H and O–H groups in total. The molecule has 0 aromatic carbocycles. The van der Waals surface area contributed by atoms with E-state index >= 15 is 0 Å². The van der Waals surface area contributed by atoms with E-state index in [-0.39, 0.29) is 5.69 Å². The van der Waals surface area contributed by atoms with Crippen molar-refractivity contribution in [3.8, 4) is 0 Å². The molecular weight excluding hydrogens is 276 g/mol. The topological polar surface area (TPSA) is 34.9 Å². The first-order valence-corrected chi connectivity index (χ1v) is 6.03. The predicted molar refractivity (Wildman–Crippen MR) is 64.4 cm³/mol. The number of nitrogens with zero attached hydrogens (tertiary/aromatic N) is 2. The van der Waals surface area contributed by atoms with Crippen molar-refractivity contribution in [1.82, 2.24) is 9.55 Å². The Labute approximate surface area is 99.5 Å². The van der Waals surface area contributed by atoms with Gasteiger partial charge in [0.2, 0.25) is 0 Å². The lowest BCUT2D eigenvalue weighted by molar-refractivity contribution is 0.729. The molecule has 0 aliphatic rings. The number of aryl methyl sites for hydroxylation is 1. The zero-order valence-corrected chi connectivity index (χ0v) is 10.5. The molecule has 2 aromatic heterocycles. The fourth-order valence-corrected chi connectivity index (χ4v) is 2.77. The molecule has 0 bridgehead atoms. The van der Waals surface area contributed by atoms with E-state index in [4.69, 9.17) is 0 Å². The van der Waals surface area contributed by atoms with Crippen molar-refractivity contribution in [3.63, 3.8) is 0 Å². The van der Waals surface area contributed by atoms with Crippen LogP contribution in [0.15, 0.2) is 33.1 Å². The Bertz CT molecular complexity index is 532. The Morgan fingerprint density at radius 3 is 3.00 bits per heavy atom. The Morgan fingerprint density at radius 2 is 2.33 bits per heavy atom. The second-order valence-electron chi connectivity index (χ2n) is 3.25. The maximum atomic E-state index is 11.4. The van der Waals surface area contributed by atoms with Crippen molar-refractivity contribution >= 4 is 27.3 Å². The van der Waals surface area contributed by atoms with E-state index in [9.17, 15) is 4.79 Å². The summed E-state index contributed by atoms with van der Waals surface area (Å²) in [6.07, 6.45) is 3.41. The molecule has 2 aromatic rings. The van der Waals surface area contributed by atoms with Crippen LogP contribution in [0.1, 0.15) is 10.4 Å².